The third-order valence-electron chi connectivity index (χ3n) is 2.22. The maximum atomic E-state index is 10.6. The number of pyridine rings is 1. The zero-order chi connectivity index (χ0) is 12.8. The quantitative estimate of drug-likeness (QED) is 0.562. The van der Waals surface area contributed by atoms with Crippen LogP contribution < -0.4 is 5.32 Å². The number of nitrogens with one attached hydrogen (secondary N) is 1. The Morgan fingerprint density at radius 2 is 2.41 bits per heavy atom. The van der Waals surface area contributed by atoms with Crippen molar-refractivity contribution in [1.29, 1.82) is 0 Å². The number of rotatable bonds is 6. The number of hydrogen-bond donors (Lipinski definition) is 2. The number of aromatic nitrogens is 1. The fraction of sp³-hybridized carbons (Fsp3) is 0.500. The lowest BCUT2D eigenvalue weighted by atomic mass is 10.2. The van der Waals surface area contributed by atoms with Gasteiger partial charge in [0, 0.05) is 12.7 Å². The summed E-state index contributed by atoms with van der Waals surface area (Å²) in [6.45, 7) is 1.86. The minimum atomic E-state index is -0.481. The Bertz CT molecular complexity index is 397. The molecule has 1 unspecified atom stereocenters. The van der Waals surface area contributed by atoms with Crippen molar-refractivity contribution in [1.82, 2.24) is 4.98 Å². The molecule has 94 valence electrons. The van der Waals surface area contributed by atoms with Gasteiger partial charge in [-0.1, -0.05) is 0 Å². The van der Waals surface area contributed by atoms with E-state index in [1.807, 2.05) is 0 Å². The van der Waals surface area contributed by atoms with Gasteiger partial charge in [0.15, 0.2) is 0 Å². The number of aryl methyl sites for hydroxylation is 1. The summed E-state index contributed by atoms with van der Waals surface area (Å²) >= 11 is 0. The molecule has 17 heavy (non-hydrogen) atoms. The Balaban J connectivity index is 2.79. The SMILES string of the molecule is COCC(CO)Nc1cc(C)c([N+](=O)[O-])cn1. The first-order valence-corrected chi connectivity index (χ1v) is 5.05. The molecule has 7 heteroatoms. The molecule has 1 aromatic rings. The van der Waals surface area contributed by atoms with Gasteiger partial charge in [-0.2, -0.15) is 0 Å². The van der Waals surface area contributed by atoms with E-state index in [-0.39, 0.29) is 18.3 Å². The minimum absolute atomic E-state index is 0.0251. The lowest BCUT2D eigenvalue weighted by molar-refractivity contribution is -0.385. The molecule has 7 nitrogen and oxygen atoms in total. The predicted octanol–water partition coefficient (Wildman–Crippen LogP) is 0.717. The van der Waals surface area contributed by atoms with Crippen LogP contribution in [0.15, 0.2) is 12.3 Å². The van der Waals surface area contributed by atoms with Crippen LogP contribution in [0.4, 0.5) is 11.5 Å². The Morgan fingerprint density at radius 3 is 2.88 bits per heavy atom. The largest absolute Gasteiger partial charge is 0.394 e. The Kier molecular flexibility index (Phi) is 4.80. The van der Waals surface area contributed by atoms with E-state index in [0.717, 1.165) is 0 Å². The van der Waals surface area contributed by atoms with Gasteiger partial charge in [0.25, 0.3) is 5.69 Å². The molecule has 0 aliphatic rings. The first-order chi connectivity index (χ1) is 8.08. The minimum Gasteiger partial charge on any atom is -0.394 e. The molecule has 0 fully saturated rings. The van der Waals surface area contributed by atoms with Crippen LogP contribution in [0.5, 0.6) is 0 Å². The standard InChI is InChI=1S/C10H15N3O4/c1-7-3-10(11-4-9(7)13(15)16)12-8(5-14)6-17-2/h3-4,8,14H,5-6H2,1-2H3,(H,11,12). The van der Waals surface area contributed by atoms with E-state index in [1.54, 1.807) is 13.0 Å². The van der Waals surface area contributed by atoms with Gasteiger partial charge in [-0.3, -0.25) is 10.1 Å². The number of methoxy groups -OCH3 is 1. The van der Waals surface area contributed by atoms with E-state index >= 15 is 0 Å². The van der Waals surface area contributed by atoms with Crippen LogP contribution in [-0.4, -0.2) is 41.4 Å². The summed E-state index contributed by atoms with van der Waals surface area (Å²) in [5.41, 5.74) is 0.490. The maximum absolute atomic E-state index is 10.6. The van der Waals surface area contributed by atoms with Crippen molar-refractivity contribution in [2.75, 3.05) is 25.6 Å². The second kappa shape index (κ2) is 6.12. The van der Waals surface area contributed by atoms with Gasteiger partial charge in [-0.25, -0.2) is 4.98 Å². The van der Waals surface area contributed by atoms with E-state index in [1.165, 1.54) is 13.3 Å². The highest BCUT2D eigenvalue weighted by Crippen LogP contribution is 2.19. The number of nitrogens with zero attached hydrogens (tertiary/aromatic N) is 2. The Morgan fingerprint density at radius 1 is 1.71 bits per heavy atom. The molecule has 0 amide bonds. The summed E-state index contributed by atoms with van der Waals surface area (Å²) in [5.74, 6) is 0.476. The number of anilines is 1. The molecule has 0 radical (unpaired) electrons. The van der Waals surface area contributed by atoms with Crippen molar-refractivity contribution in [3.05, 3.63) is 27.9 Å². The predicted molar refractivity (Wildman–Crippen MR) is 62.0 cm³/mol. The van der Waals surface area contributed by atoms with Crippen LogP contribution in [-0.2, 0) is 4.74 Å². The van der Waals surface area contributed by atoms with Crippen molar-refractivity contribution in [3.8, 4) is 0 Å². The molecule has 2 N–H and O–H groups in total. The van der Waals surface area contributed by atoms with Crippen molar-refractivity contribution in [3.63, 3.8) is 0 Å². The van der Waals surface area contributed by atoms with Gasteiger partial charge in [0.2, 0.25) is 0 Å². The third kappa shape index (κ3) is 3.65. The maximum Gasteiger partial charge on any atom is 0.290 e. The number of nitro groups is 1. The summed E-state index contributed by atoms with van der Waals surface area (Å²) in [4.78, 5) is 14.0. The third-order valence-corrected chi connectivity index (χ3v) is 2.22. The Hall–Kier alpha value is -1.73. The number of aliphatic hydroxyl groups excluding tert-OH is 1. The fourth-order valence-corrected chi connectivity index (χ4v) is 1.37. The summed E-state index contributed by atoms with van der Waals surface area (Å²) in [6.07, 6.45) is 1.19. The molecule has 0 saturated carbocycles. The second-order valence-electron chi connectivity index (χ2n) is 3.59. The number of ether oxygens (including phenoxy) is 1. The molecule has 0 aromatic carbocycles. The molecular weight excluding hydrogens is 226 g/mol. The monoisotopic (exact) mass is 241 g/mol. The van der Waals surface area contributed by atoms with Crippen LogP contribution in [0, 0.1) is 17.0 Å². The van der Waals surface area contributed by atoms with Gasteiger partial charge in [0.1, 0.15) is 12.0 Å². The smallest absolute Gasteiger partial charge is 0.290 e. The van der Waals surface area contributed by atoms with Crippen LogP contribution >= 0.6 is 0 Å². The first kappa shape index (κ1) is 13.3. The lowest BCUT2D eigenvalue weighted by Gasteiger charge is -2.15. The molecule has 0 saturated heterocycles. The van der Waals surface area contributed by atoms with E-state index in [4.69, 9.17) is 9.84 Å². The van der Waals surface area contributed by atoms with Crippen molar-refractivity contribution in [2.24, 2.45) is 0 Å². The van der Waals surface area contributed by atoms with Gasteiger partial charge in [-0.05, 0) is 13.0 Å². The fourth-order valence-electron chi connectivity index (χ4n) is 1.37. The summed E-state index contributed by atoms with van der Waals surface area (Å²) < 4.78 is 4.90. The topological polar surface area (TPSA) is 97.5 Å². The van der Waals surface area contributed by atoms with Gasteiger partial charge >= 0.3 is 0 Å². The van der Waals surface area contributed by atoms with Crippen LogP contribution in [0.2, 0.25) is 0 Å². The molecule has 1 rings (SSSR count). The van der Waals surface area contributed by atoms with E-state index in [2.05, 4.69) is 10.3 Å². The lowest BCUT2D eigenvalue weighted by Crippen LogP contribution is -2.29. The van der Waals surface area contributed by atoms with Crippen molar-refractivity contribution >= 4 is 11.5 Å². The van der Waals surface area contributed by atoms with Crippen LogP contribution in [0.25, 0.3) is 0 Å². The molecule has 0 aliphatic heterocycles. The molecule has 1 heterocycles. The summed E-state index contributed by atoms with van der Waals surface area (Å²) in [7, 11) is 1.53. The average molecular weight is 241 g/mol. The number of aliphatic hydroxyl groups is 1. The van der Waals surface area contributed by atoms with Crippen molar-refractivity contribution in [2.45, 2.75) is 13.0 Å². The second-order valence-corrected chi connectivity index (χ2v) is 3.59. The zero-order valence-electron chi connectivity index (χ0n) is 9.71. The normalized spacial score (nSPS) is 12.2. The summed E-state index contributed by atoms with van der Waals surface area (Å²) in [5, 5.41) is 22.6. The van der Waals surface area contributed by atoms with E-state index in [9.17, 15) is 10.1 Å². The molecule has 1 aromatic heterocycles. The van der Waals surface area contributed by atoms with E-state index in [0.29, 0.717) is 18.0 Å². The molecule has 0 spiro atoms. The molecule has 0 aliphatic carbocycles. The van der Waals surface area contributed by atoms with E-state index < -0.39 is 4.92 Å². The molecule has 1 atom stereocenters. The van der Waals surface area contributed by atoms with Crippen LogP contribution in [0.3, 0.4) is 0 Å². The first-order valence-electron chi connectivity index (χ1n) is 5.05. The van der Waals surface area contributed by atoms with Crippen molar-refractivity contribution < 1.29 is 14.8 Å². The van der Waals surface area contributed by atoms with Gasteiger partial charge < -0.3 is 15.2 Å². The van der Waals surface area contributed by atoms with Gasteiger partial charge in [-0.15, -0.1) is 0 Å². The highest BCUT2D eigenvalue weighted by Gasteiger charge is 2.13. The molecular formula is C10H15N3O4. The summed E-state index contributed by atoms with van der Waals surface area (Å²) in [6, 6.07) is 1.28. The average Bonchev–Trinajstić information content (AvgIpc) is 2.28. The van der Waals surface area contributed by atoms with Crippen LogP contribution in [0.1, 0.15) is 5.56 Å². The highest BCUT2D eigenvalue weighted by atomic mass is 16.6. The number of hydrogen-bond acceptors (Lipinski definition) is 6. The highest BCUT2D eigenvalue weighted by molar-refractivity contribution is 5.47. The van der Waals surface area contributed by atoms with Gasteiger partial charge in [0.05, 0.1) is 24.2 Å². The Labute approximate surface area is 98.6 Å². The zero-order valence-corrected chi connectivity index (χ0v) is 9.71. The molecule has 0 bridgehead atoms.